The van der Waals surface area contributed by atoms with Crippen molar-refractivity contribution in [1.29, 1.82) is 0 Å². The first-order valence-electron chi connectivity index (χ1n) is 4.48. The zero-order valence-corrected chi connectivity index (χ0v) is 10.2. The Morgan fingerprint density at radius 1 is 1.43 bits per heavy atom. The number of nitrogens with two attached hydrogens (primary N) is 1. The minimum Gasteiger partial charge on any atom is -0.306 e. The highest BCUT2D eigenvalue weighted by Crippen LogP contribution is 2.43. The van der Waals surface area contributed by atoms with E-state index in [1.54, 1.807) is 0 Å². The molecule has 4 nitrogen and oxygen atoms in total. The van der Waals surface area contributed by atoms with Crippen molar-refractivity contribution in [2.45, 2.75) is 24.8 Å². The molecule has 1 unspecified atom stereocenters. The average molecular weight is 261 g/mol. The molecule has 1 fully saturated rings. The molecule has 0 amide bonds. The first-order chi connectivity index (χ1) is 6.54. The van der Waals surface area contributed by atoms with Gasteiger partial charge < -0.3 is 4.52 Å². The molecule has 1 saturated heterocycles. The fourth-order valence-electron chi connectivity index (χ4n) is 1.64. The van der Waals surface area contributed by atoms with E-state index in [9.17, 15) is 4.57 Å². The summed E-state index contributed by atoms with van der Waals surface area (Å²) in [5.74, 6) is 0.980. The van der Waals surface area contributed by atoms with E-state index in [1.807, 2.05) is 0 Å². The van der Waals surface area contributed by atoms with Gasteiger partial charge in [-0.05, 0) is 19.3 Å². The van der Waals surface area contributed by atoms with Crippen LogP contribution >= 0.6 is 30.9 Å². The highest BCUT2D eigenvalue weighted by Gasteiger charge is 2.39. The SMILES string of the molecule is NP1(=O)NC(CCCl)(CCCl)CCO1. The topological polar surface area (TPSA) is 64.4 Å². The van der Waals surface area contributed by atoms with Crippen LogP contribution in [0.25, 0.3) is 0 Å². The van der Waals surface area contributed by atoms with Crippen molar-refractivity contribution in [3.8, 4) is 0 Å². The van der Waals surface area contributed by atoms with Crippen LogP contribution < -0.4 is 10.6 Å². The second kappa shape index (κ2) is 5.15. The standard InChI is InChI=1S/C7H15Cl2N2O2P/c8-4-1-7(2-5-9)3-6-13-14(10,12)11-7/h1-6H2,(H3,10,11,12). The largest absolute Gasteiger partial charge is 0.338 e. The van der Waals surface area contributed by atoms with Crippen LogP contribution in [0.5, 0.6) is 0 Å². The summed E-state index contributed by atoms with van der Waals surface area (Å²) in [4.78, 5) is 0. The molecular weight excluding hydrogens is 246 g/mol. The molecule has 0 aromatic rings. The molecule has 1 heterocycles. The van der Waals surface area contributed by atoms with Gasteiger partial charge in [-0.3, -0.25) is 4.57 Å². The van der Waals surface area contributed by atoms with E-state index in [-0.39, 0.29) is 5.54 Å². The van der Waals surface area contributed by atoms with Gasteiger partial charge in [0.25, 0.3) is 0 Å². The summed E-state index contributed by atoms with van der Waals surface area (Å²) < 4.78 is 16.5. The lowest BCUT2D eigenvalue weighted by atomic mass is 9.90. The lowest BCUT2D eigenvalue weighted by molar-refractivity contribution is 0.185. The fraction of sp³-hybridized carbons (Fsp3) is 1.00. The van der Waals surface area contributed by atoms with Crippen molar-refractivity contribution in [3.63, 3.8) is 0 Å². The molecule has 0 aliphatic carbocycles. The van der Waals surface area contributed by atoms with Gasteiger partial charge in [0.1, 0.15) is 0 Å². The molecule has 0 spiro atoms. The van der Waals surface area contributed by atoms with Crippen LogP contribution in [0.1, 0.15) is 19.3 Å². The van der Waals surface area contributed by atoms with Gasteiger partial charge in [-0.15, -0.1) is 23.2 Å². The lowest BCUT2D eigenvalue weighted by Gasteiger charge is -2.39. The molecule has 84 valence electrons. The maximum absolute atomic E-state index is 11.6. The van der Waals surface area contributed by atoms with Gasteiger partial charge in [-0.25, -0.2) is 10.6 Å². The van der Waals surface area contributed by atoms with Gasteiger partial charge in [0.05, 0.1) is 6.61 Å². The zero-order valence-electron chi connectivity index (χ0n) is 7.84. The van der Waals surface area contributed by atoms with Gasteiger partial charge >= 0.3 is 7.67 Å². The minimum absolute atomic E-state index is 0.313. The predicted molar refractivity (Wildman–Crippen MR) is 58.9 cm³/mol. The van der Waals surface area contributed by atoms with Gasteiger partial charge in [0.2, 0.25) is 0 Å². The molecule has 0 bridgehead atoms. The number of hydrogen-bond acceptors (Lipinski definition) is 2. The van der Waals surface area contributed by atoms with Crippen LogP contribution in [-0.2, 0) is 9.09 Å². The van der Waals surface area contributed by atoms with E-state index in [1.165, 1.54) is 0 Å². The van der Waals surface area contributed by atoms with Crippen molar-refractivity contribution in [2.24, 2.45) is 5.50 Å². The van der Waals surface area contributed by atoms with Crippen LogP contribution in [0, 0.1) is 0 Å². The normalized spacial score (nSPS) is 31.6. The summed E-state index contributed by atoms with van der Waals surface area (Å²) in [5, 5.41) is 2.85. The number of rotatable bonds is 4. The average Bonchev–Trinajstić information content (AvgIpc) is 2.02. The third-order valence-electron chi connectivity index (χ3n) is 2.40. The Hall–Kier alpha value is 0.690. The van der Waals surface area contributed by atoms with E-state index in [0.717, 1.165) is 6.42 Å². The second-order valence-corrected chi connectivity index (χ2v) is 5.88. The summed E-state index contributed by atoms with van der Waals surface area (Å²) >= 11 is 11.4. The summed E-state index contributed by atoms with van der Waals surface area (Å²) in [6.07, 6.45) is 2.14. The quantitative estimate of drug-likeness (QED) is 0.600. The molecule has 1 aliphatic heterocycles. The Kier molecular flexibility index (Phi) is 4.69. The van der Waals surface area contributed by atoms with Crippen LogP contribution in [0.15, 0.2) is 0 Å². The Balaban J connectivity index is 2.70. The molecule has 1 aliphatic rings. The molecule has 3 N–H and O–H groups in total. The molecule has 0 aromatic heterocycles. The van der Waals surface area contributed by atoms with Crippen molar-refractivity contribution in [2.75, 3.05) is 18.4 Å². The summed E-state index contributed by atoms with van der Waals surface area (Å²) in [5.41, 5.74) is 5.14. The van der Waals surface area contributed by atoms with E-state index >= 15 is 0 Å². The van der Waals surface area contributed by atoms with Gasteiger partial charge in [0, 0.05) is 17.3 Å². The van der Waals surface area contributed by atoms with Crippen molar-refractivity contribution in [1.82, 2.24) is 5.09 Å². The summed E-state index contributed by atoms with van der Waals surface area (Å²) in [7, 11) is -3.13. The minimum atomic E-state index is -3.13. The molecule has 7 heteroatoms. The maximum Gasteiger partial charge on any atom is 0.338 e. The number of halogens is 2. The third kappa shape index (κ3) is 3.37. The maximum atomic E-state index is 11.6. The van der Waals surface area contributed by atoms with E-state index in [4.69, 9.17) is 33.2 Å². The van der Waals surface area contributed by atoms with E-state index in [2.05, 4.69) is 5.09 Å². The van der Waals surface area contributed by atoms with Crippen LogP contribution in [0.4, 0.5) is 0 Å². The number of alkyl halides is 2. The van der Waals surface area contributed by atoms with Gasteiger partial charge in [-0.1, -0.05) is 0 Å². The smallest absolute Gasteiger partial charge is 0.306 e. The van der Waals surface area contributed by atoms with Crippen LogP contribution in [0.3, 0.4) is 0 Å². The van der Waals surface area contributed by atoms with E-state index < -0.39 is 7.67 Å². The van der Waals surface area contributed by atoms with E-state index in [0.29, 0.717) is 31.2 Å². The monoisotopic (exact) mass is 260 g/mol. The Bertz CT molecular complexity index is 228. The first kappa shape index (κ1) is 12.8. The van der Waals surface area contributed by atoms with Gasteiger partial charge in [0.15, 0.2) is 0 Å². The van der Waals surface area contributed by atoms with Crippen molar-refractivity contribution in [3.05, 3.63) is 0 Å². The Morgan fingerprint density at radius 2 is 2.00 bits per heavy atom. The first-order valence-corrected chi connectivity index (χ1v) is 7.24. The highest BCUT2D eigenvalue weighted by molar-refractivity contribution is 7.54. The van der Waals surface area contributed by atoms with Crippen LogP contribution in [0.2, 0.25) is 0 Å². The number of hydrogen-bond donors (Lipinski definition) is 2. The lowest BCUT2D eigenvalue weighted by Crippen LogP contribution is -2.49. The van der Waals surface area contributed by atoms with Gasteiger partial charge in [-0.2, -0.15) is 0 Å². The molecule has 0 radical (unpaired) electrons. The van der Waals surface area contributed by atoms with Crippen LogP contribution in [-0.4, -0.2) is 23.9 Å². The number of nitrogens with one attached hydrogen (secondary N) is 1. The predicted octanol–water partition coefficient (Wildman–Crippen LogP) is 2.06. The molecule has 1 atom stereocenters. The zero-order chi connectivity index (χ0) is 10.7. The second-order valence-electron chi connectivity index (χ2n) is 3.45. The molecule has 0 saturated carbocycles. The Morgan fingerprint density at radius 3 is 2.43 bits per heavy atom. The molecule has 14 heavy (non-hydrogen) atoms. The molecular formula is C7H15Cl2N2O2P. The van der Waals surface area contributed by atoms with Crippen molar-refractivity contribution >= 4 is 30.9 Å². The highest BCUT2D eigenvalue weighted by atomic mass is 35.5. The summed E-state index contributed by atoms with van der Waals surface area (Å²) in [6.45, 7) is 0.397. The summed E-state index contributed by atoms with van der Waals surface area (Å²) in [6, 6.07) is 0. The molecule has 1 rings (SSSR count). The molecule has 0 aromatic carbocycles. The Labute approximate surface area is 94.0 Å². The van der Waals surface area contributed by atoms with Crippen molar-refractivity contribution < 1.29 is 9.09 Å². The third-order valence-corrected chi connectivity index (χ3v) is 4.13. The fourth-order valence-corrected chi connectivity index (χ4v) is 3.79.